The summed E-state index contributed by atoms with van der Waals surface area (Å²) in [4.78, 5) is 14.7. The third-order valence-electron chi connectivity index (χ3n) is 3.55. The van der Waals surface area contributed by atoms with Crippen LogP contribution in [-0.2, 0) is 16.6 Å². The van der Waals surface area contributed by atoms with Gasteiger partial charge in [-0.15, -0.1) is 22.7 Å². The molecule has 3 rings (SSSR count). The van der Waals surface area contributed by atoms with Gasteiger partial charge in [0.15, 0.2) is 0 Å². The molecule has 5 nitrogen and oxygen atoms in total. The number of carbonyl (C=O) groups is 1. The number of nitrogens with one attached hydrogen (secondary N) is 2. The van der Waals surface area contributed by atoms with Crippen LogP contribution >= 0.6 is 34.3 Å². The summed E-state index contributed by atoms with van der Waals surface area (Å²) in [5.74, 6) is -0.193. The van der Waals surface area contributed by atoms with Gasteiger partial charge in [-0.05, 0) is 49.0 Å². The van der Waals surface area contributed by atoms with E-state index < -0.39 is 10.0 Å². The summed E-state index contributed by atoms with van der Waals surface area (Å²) < 4.78 is 26.0. The van der Waals surface area contributed by atoms with Gasteiger partial charge in [0.1, 0.15) is 4.21 Å². The number of hydrogen-bond donors (Lipinski definition) is 2. The fraction of sp³-hybridized carbons (Fsp3) is 0.118. The van der Waals surface area contributed by atoms with Crippen LogP contribution in [0.3, 0.4) is 0 Å². The maximum atomic E-state index is 12.3. The van der Waals surface area contributed by atoms with E-state index in [-0.39, 0.29) is 16.7 Å². The molecule has 0 aliphatic heterocycles. The maximum absolute atomic E-state index is 12.3. The third kappa shape index (κ3) is 4.33. The van der Waals surface area contributed by atoms with Crippen LogP contribution in [0.4, 0.5) is 0 Å². The first-order chi connectivity index (χ1) is 12.4. The molecule has 26 heavy (non-hydrogen) atoms. The lowest BCUT2D eigenvalue weighted by Gasteiger charge is -2.01. The van der Waals surface area contributed by atoms with E-state index in [4.69, 9.17) is 11.6 Å². The Hall–Kier alpha value is -1.71. The molecule has 2 aromatic heterocycles. The van der Waals surface area contributed by atoms with Crippen LogP contribution in [0.25, 0.3) is 10.4 Å². The van der Waals surface area contributed by atoms with E-state index in [0.717, 1.165) is 26.7 Å². The van der Waals surface area contributed by atoms with Crippen LogP contribution in [-0.4, -0.2) is 21.4 Å². The zero-order valence-electron chi connectivity index (χ0n) is 13.7. The highest BCUT2D eigenvalue weighted by molar-refractivity contribution is 7.91. The van der Waals surface area contributed by atoms with Crippen molar-refractivity contribution in [1.29, 1.82) is 0 Å². The Morgan fingerprint density at radius 3 is 2.46 bits per heavy atom. The van der Waals surface area contributed by atoms with Crippen molar-refractivity contribution in [1.82, 2.24) is 10.0 Å². The summed E-state index contributed by atoms with van der Waals surface area (Å²) in [6.45, 7) is 0.275. The van der Waals surface area contributed by atoms with E-state index in [1.54, 1.807) is 12.1 Å². The normalized spacial score (nSPS) is 11.5. The van der Waals surface area contributed by atoms with Gasteiger partial charge in [-0.25, -0.2) is 13.1 Å². The lowest BCUT2D eigenvalue weighted by atomic mass is 10.2. The van der Waals surface area contributed by atoms with E-state index in [0.29, 0.717) is 9.90 Å². The molecular formula is C17H15ClN2O3S3. The van der Waals surface area contributed by atoms with Gasteiger partial charge in [-0.3, -0.25) is 4.79 Å². The minimum Gasteiger partial charge on any atom is -0.346 e. The van der Waals surface area contributed by atoms with Crippen LogP contribution < -0.4 is 10.0 Å². The van der Waals surface area contributed by atoms with E-state index in [9.17, 15) is 13.2 Å². The zero-order chi connectivity index (χ0) is 18.7. The quantitative estimate of drug-likeness (QED) is 0.626. The number of hydrogen-bond acceptors (Lipinski definition) is 5. The summed E-state index contributed by atoms with van der Waals surface area (Å²) in [6, 6.07) is 14.3. The van der Waals surface area contributed by atoms with Crippen LogP contribution in [0, 0.1) is 0 Å². The Morgan fingerprint density at radius 2 is 1.77 bits per heavy atom. The minimum atomic E-state index is -3.45. The number of thiophene rings is 2. The van der Waals surface area contributed by atoms with E-state index in [2.05, 4.69) is 10.0 Å². The first kappa shape index (κ1) is 19.1. The van der Waals surface area contributed by atoms with Crippen molar-refractivity contribution in [2.45, 2.75) is 10.8 Å². The molecule has 136 valence electrons. The minimum absolute atomic E-state index is 0.193. The average Bonchev–Trinajstić information content (AvgIpc) is 3.30. The number of halogens is 1. The number of amides is 1. The van der Waals surface area contributed by atoms with Gasteiger partial charge in [-0.2, -0.15) is 0 Å². The Labute approximate surface area is 164 Å². The Bertz CT molecular complexity index is 1020. The fourth-order valence-corrected chi connectivity index (χ4v) is 5.37. The van der Waals surface area contributed by atoms with Crippen LogP contribution in [0.15, 0.2) is 52.7 Å². The average molecular weight is 427 g/mol. The molecular weight excluding hydrogens is 412 g/mol. The second-order valence-electron chi connectivity index (χ2n) is 5.28. The Kier molecular flexibility index (Phi) is 5.79. The van der Waals surface area contributed by atoms with Crippen LogP contribution in [0.2, 0.25) is 5.02 Å². The molecule has 9 heteroatoms. The molecule has 3 aromatic rings. The van der Waals surface area contributed by atoms with Crippen LogP contribution in [0.1, 0.15) is 14.5 Å². The Morgan fingerprint density at radius 1 is 1.04 bits per heavy atom. The molecule has 0 atom stereocenters. The SMILES string of the molecule is CNS(=O)(=O)c1ccc(CNC(=O)c2ccc(-c3ccc(Cl)cc3)s2)s1. The summed E-state index contributed by atoms with van der Waals surface area (Å²) in [7, 11) is -2.08. The van der Waals surface area contributed by atoms with Crippen molar-refractivity contribution in [2.24, 2.45) is 0 Å². The molecule has 2 heterocycles. The molecule has 0 bridgehead atoms. The predicted octanol–water partition coefficient (Wildman–Crippen LogP) is 3.97. The maximum Gasteiger partial charge on any atom is 0.261 e. The molecule has 1 aromatic carbocycles. The second-order valence-corrected chi connectivity index (χ2v) is 10.1. The molecule has 0 fully saturated rings. The van der Waals surface area contributed by atoms with Crippen molar-refractivity contribution < 1.29 is 13.2 Å². The molecule has 0 saturated carbocycles. The van der Waals surface area contributed by atoms with Crippen molar-refractivity contribution in [3.8, 4) is 10.4 Å². The van der Waals surface area contributed by atoms with E-state index >= 15 is 0 Å². The highest BCUT2D eigenvalue weighted by Gasteiger charge is 2.15. The van der Waals surface area contributed by atoms with Crippen molar-refractivity contribution in [3.63, 3.8) is 0 Å². The first-order valence-corrected chi connectivity index (χ1v) is 11.0. The van der Waals surface area contributed by atoms with Crippen molar-refractivity contribution >= 4 is 50.2 Å². The lowest BCUT2D eigenvalue weighted by molar-refractivity contribution is 0.0955. The Balaban J connectivity index is 1.65. The standard InChI is InChI=1S/C17H15ClN2O3S3/c1-19-26(22,23)16-9-6-13(24-16)10-20-17(21)15-8-7-14(25-15)11-2-4-12(18)5-3-11/h2-9,19H,10H2,1H3,(H,20,21). The van der Waals surface area contributed by atoms with E-state index in [1.807, 2.05) is 30.3 Å². The van der Waals surface area contributed by atoms with Gasteiger partial charge >= 0.3 is 0 Å². The van der Waals surface area contributed by atoms with Gasteiger partial charge in [0.2, 0.25) is 10.0 Å². The van der Waals surface area contributed by atoms with Gasteiger partial charge in [0.05, 0.1) is 11.4 Å². The highest BCUT2D eigenvalue weighted by atomic mass is 35.5. The first-order valence-electron chi connectivity index (χ1n) is 7.55. The van der Waals surface area contributed by atoms with Crippen molar-refractivity contribution in [2.75, 3.05) is 7.05 Å². The second kappa shape index (κ2) is 7.89. The smallest absolute Gasteiger partial charge is 0.261 e. The van der Waals surface area contributed by atoms with Gasteiger partial charge < -0.3 is 5.32 Å². The number of benzene rings is 1. The molecule has 0 aliphatic rings. The van der Waals surface area contributed by atoms with Crippen molar-refractivity contribution in [3.05, 3.63) is 63.3 Å². The largest absolute Gasteiger partial charge is 0.346 e. The summed E-state index contributed by atoms with van der Waals surface area (Å²) >= 11 is 8.41. The lowest BCUT2D eigenvalue weighted by Crippen LogP contribution is -2.21. The summed E-state index contributed by atoms with van der Waals surface area (Å²) in [6.07, 6.45) is 0. The molecule has 2 N–H and O–H groups in total. The number of rotatable bonds is 6. The summed E-state index contributed by atoms with van der Waals surface area (Å²) in [5.41, 5.74) is 0.999. The van der Waals surface area contributed by atoms with Gasteiger partial charge in [-0.1, -0.05) is 23.7 Å². The van der Waals surface area contributed by atoms with Gasteiger partial charge in [0.25, 0.3) is 5.91 Å². The van der Waals surface area contributed by atoms with Crippen LogP contribution in [0.5, 0.6) is 0 Å². The summed E-state index contributed by atoms with van der Waals surface area (Å²) in [5, 5.41) is 3.48. The molecule has 0 aliphatic carbocycles. The predicted molar refractivity (Wildman–Crippen MR) is 106 cm³/mol. The molecule has 0 unspecified atom stereocenters. The molecule has 0 radical (unpaired) electrons. The molecule has 0 saturated heterocycles. The number of sulfonamides is 1. The topological polar surface area (TPSA) is 75.3 Å². The highest BCUT2D eigenvalue weighted by Crippen LogP contribution is 2.29. The van der Waals surface area contributed by atoms with E-state index in [1.165, 1.54) is 24.5 Å². The van der Waals surface area contributed by atoms with Gasteiger partial charge in [0, 0.05) is 14.8 Å². The number of carbonyl (C=O) groups excluding carboxylic acids is 1. The zero-order valence-corrected chi connectivity index (χ0v) is 16.9. The molecule has 0 spiro atoms. The third-order valence-corrected chi connectivity index (χ3v) is 7.93. The molecule has 1 amide bonds. The monoisotopic (exact) mass is 426 g/mol. The fourth-order valence-electron chi connectivity index (χ4n) is 2.18.